The van der Waals surface area contributed by atoms with Gasteiger partial charge in [-0.3, -0.25) is 4.79 Å². The highest BCUT2D eigenvalue weighted by Gasteiger charge is 2.09. The molecule has 0 unspecified atom stereocenters. The van der Waals surface area contributed by atoms with E-state index in [4.69, 9.17) is 0 Å². The second-order valence-electron chi connectivity index (χ2n) is 3.15. The minimum absolute atomic E-state index is 0.0567. The van der Waals surface area contributed by atoms with Crippen molar-refractivity contribution in [2.24, 2.45) is 0 Å². The van der Waals surface area contributed by atoms with Crippen LogP contribution in [0.2, 0.25) is 0 Å². The number of allylic oxidation sites excluding steroid dienone is 2. The highest BCUT2D eigenvalue weighted by Crippen LogP contribution is 2.21. The van der Waals surface area contributed by atoms with Gasteiger partial charge in [0, 0.05) is 12.6 Å². The van der Waals surface area contributed by atoms with Crippen molar-refractivity contribution in [1.29, 1.82) is 0 Å². The van der Waals surface area contributed by atoms with Gasteiger partial charge in [-0.15, -0.1) is 0 Å². The van der Waals surface area contributed by atoms with Crippen molar-refractivity contribution in [2.45, 2.75) is 39.5 Å². The first-order chi connectivity index (χ1) is 5.20. The van der Waals surface area contributed by atoms with Crippen molar-refractivity contribution in [3.05, 3.63) is 11.3 Å². The zero-order valence-electron chi connectivity index (χ0n) is 7.24. The number of amides is 1. The van der Waals surface area contributed by atoms with Crippen LogP contribution in [-0.2, 0) is 4.79 Å². The van der Waals surface area contributed by atoms with E-state index in [1.807, 2.05) is 0 Å². The molecule has 0 heterocycles. The van der Waals surface area contributed by atoms with Crippen LogP contribution in [0, 0.1) is 0 Å². The number of hydrogen-bond donors (Lipinski definition) is 1. The molecule has 0 aliphatic heterocycles. The first-order valence-electron chi connectivity index (χ1n) is 4.16. The van der Waals surface area contributed by atoms with E-state index in [9.17, 15) is 4.79 Å². The Bertz CT molecular complexity index is 194. The molecule has 1 amide bonds. The van der Waals surface area contributed by atoms with Crippen LogP contribution in [0.5, 0.6) is 0 Å². The summed E-state index contributed by atoms with van der Waals surface area (Å²) in [6.07, 6.45) is 4.68. The molecule has 11 heavy (non-hydrogen) atoms. The molecule has 0 bridgehead atoms. The predicted octanol–water partition coefficient (Wildman–Crippen LogP) is 1.97. The molecule has 2 heteroatoms. The Hall–Kier alpha value is -0.790. The molecule has 0 saturated carbocycles. The lowest BCUT2D eigenvalue weighted by Gasteiger charge is -2.17. The largest absolute Gasteiger partial charge is 0.330 e. The van der Waals surface area contributed by atoms with E-state index in [1.165, 1.54) is 18.4 Å². The minimum Gasteiger partial charge on any atom is -0.330 e. The molecular weight excluding hydrogens is 138 g/mol. The number of carbonyl (C=O) groups is 1. The van der Waals surface area contributed by atoms with Crippen LogP contribution in [0.15, 0.2) is 11.3 Å². The minimum atomic E-state index is 0.0567. The summed E-state index contributed by atoms with van der Waals surface area (Å²) in [6, 6.07) is 0. The molecule has 0 spiro atoms. The van der Waals surface area contributed by atoms with Crippen molar-refractivity contribution < 1.29 is 4.79 Å². The Balaban J connectivity index is 2.59. The fraction of sp³-hybridized carbons (Fsp3) is 0.667. The van der Waals surface area contributed by atoms with E-state index in [-0.39, 0.29) is 5.91 Å². The van der Waals surface area contributed by atoms with Crippen LogP contribution in [-0.4, -0.2) is 5.91 Å². The second kappa shape index (κ2) is 3.56. The summed E-state index contributed by atoms with van der Waals surface area (Å²) in [5.41, 5.74) is 2.51. The summed E-state index contributed by atoms with van der Waals surface area (Å²) in [4.78, 5) is 10.7. The van der Waals surface area contributed by atoms with Gasteiger partial charge in [-0.05, 0) is 32.6 Å². The van der Waals surface area contributed by atoms with Crippen molar-refractivity contribution in [3.8, 4) is 0 Å². The fourth-order valence-corrected chi connectivity index (χ4v) is 1.44. The van der Waals surface area contributed by atoms with Gasteiger partial charge >= 0.3 is 0 Å². The third-order valence-electron chi connectivity index (χ3n) is 2.07. The van der Waals surface area contributed by atoms with Gasteiger partial charge < -0.3 is 5.32 Å². The van der Waals surface area contributed by atoms with Crippen LogP contribution in [0.3, 0.4) is 0 Å². The molecule has 1 aliphatic rings. The van der Waals surface area contributed by atoms with E-state index in [0.29, 0.717) is 0 Å². The van der Waals surface area contributed by atoms with Gasteiger partial charge in [0.05, 0.1) is 0 Å². The Morgan fingerprint density at radius 3 is 2.55 bits per heavy atom. The Labute approximate surface area is 67.7 Å². The van der Waals surface area contributed by atoms with Gasteiger partial charge in [0.25, 0.3) is 0 Å². The fourth-order valence-electron chi connectivity index (χ4n) is 1.44. The molecule has 0 aromatic rings. The number of nitrogens with one attached hydrogen (secondary N) is 1. The lowest BCUT2D eigenvalue weighted by atomic mass is 9.97. The van der Waals surface area contributed by atoms with Gasteiger partial charge in [-0.25, -0.2) is 0 Å². The maximum Gasteiger partial charge on any atom is 0.220 e. The summed E-state index contributed by atoms with van der Waals surface area (Å²) < 4.78 is 0. The van der Waals surface area contributed by atoms with E-state index in [2.05, 4.69) is 12.2 Å². The molecule has 62 valence electrons. The molecule has 0 aromatic carbocycles. The van der Waals surface area contributed by atoms with Crippen molar-refractivity contribution in [1.82, 2.24) is 5.32 Å². The standard InChI is InChI=1S/C9H15NO/c1-7-5-3-4-6-9(7)10-8(2)11/h3-6H2,1-2H3,(H,10,11). The van der Waals surface area contributed by atoms with Gasteiger partial charge in [0.15, 0.2) is 0 Å². The lowest BCUT2D eigenvalue weighted by Crippen LogP contribution is -2.21. The predicted molar refractivity (Wildman–Crippen MR) is 45.0 cm³/mol. The number of carbonyl (C=O) groups excluding carboxylic acids is 1. The smallest absolute Gasteiger partial charge is 0.220 e. The van der Waals surface area contributed by atoms with Crippen LogP contribution < -0.4 is 5.32 Å². The van der Waals surface area contributed by atoms with E-state index < -0.39 is 0 Å². The first-order valence-corrected chi connectivity index (χ1v) is 4.16. The van der Waals surface area contributed by atoms with Crippen molar-refractivity contribution in [3.63, 3.8) is 0 Å². The maximum atomic E-state index is 10.7. The van der Waals surface area contributed by atoms with Gasteiger partial charge in [0.1, 0.15) is 0 Å². The molecule has 0 fully saturated rings. The third-order valence-corrected chi connectivity index (χ3v) is 2.07. The maximum absolute atomic E-state index is 10.7. The number of rotatable bonds is 1. The van der Waals surface area contributed by atoms with Gasteiger partial charge in [-0.2, -0.15) is 0 Å². The van der Waals surface area contributed by atoms with E-state index in [1.54, 1.807) is 6.92 Å². The summed E-state index contributed by atoms with van der Waals surface area (Å²) in [6.45, 7) is 3.67. The van der Waals surface area contributed by atoms with Crippen LogP contribution in [0.1, 0.15) is 39.5 Å². The van der Waals surface area contributed by atoms with Crippen LogP contribution in [0.25, 0.3) is 0 Å². The molecular formula is C9H15NO. The van der Waals surface area contributed by atoms with E-state index >= 15 is 0 Å². The monoisotopic (exact) mass is 153 g/mol. The molecule has 0 radical (unpaired) electrons. The molecule has 1 rings (SSSR count). The highest BCUT2D eigenvalue weighted by molar-refractivity contribution is 5.75. The topological polar surface area (TPSA) is 29.1 Å². The molecule has 0 aromatic heterocycles. The third kappa shape index (κ3) is 2.37. The zero-order valence-corrected chi connectivity index (χ0v) is 7.24. The van der Waals surface area contributed by atoms with Gasteiger partial charge in [-0.1, -0.05) is 5.57 Å². The Morgan fingerprint density at radius 2 is 2.00 bits per heavy atom. The van der Waals surface area contributed by atoms with E-state index in [0.717, 1.165) is 18.5 Å². The zero-order chi connectivity index (χ0) is 8.27. The quantitative estimate of drug-likeness (QED) is 0.613. The normalized spacial score (nSPS) is 18.4. The molecule has 1 aliphatic carbocycles. The average Bonchev–Trinajstić information content (AvgIpc) is 1.93. The van der Waals surface area contributed by atoms with Crippen LogP contribution in [0.4, 0.5) is 0 Å². The summed E-state index contributed by atoms with van der Waals surface area (Å²) in [7, 11) is 0. The lowest BCUT2D eigenvalue weighted by molar-refractivity contribution is -0.118. The summed E-state index contributed by atoms with van der Waals surface area (Å²) in [5, 5.41) is 2.87. The van der Waals surface area contributed by atoms with Crippen molar-refractivity contribution >= 4 is 5.91 Å². The Morgan fingerprint density at radius 1 is 1.36 bits per heavy atom. The molecule has 2 nitrogen and oxygen atoms in total. The average molecular weight is 153 g/mol. The number of hydrogen-bond acceptors (Lipinski definition) is 1. The summed E-state index contributed by atoms with van der Waals surface area (Å²) >= 11 is 0. The second-order valence-corrected chi connectivity index (χ2v) is 3.15. The molecule has 0 saturated heterocycles. The van der Waals surface area contributed by atoms with Gasteiger partial charge in [0.2, 0.25) is 5.91 Å². The SMILES string of the molecule is CC(=O)NC1=C(C)CCCC1. The summed E-state index contributed by atoms with van der Waals surface area (Å²) in [5.74, 6) is 0.0567. The van der Waals surface area contributed by atoms with Crippen molar-refractivity contribution in [2.75, 3.05) is 0 Å². The molecule has 0 atom stereocenters. The Kier molecular flexibility index (Phi) is 2.69. The first kappa shape index (κ1) is 8.31. The highest BCUT2D eigenvalue weighted by atomic mass is 16.1. The van der Waals surface area contributed by atoms with Crippen LogP contribution >= 0.6 is 0 Å². The molecule has 1 N–H and O–H groups in total.